The van der Waals surface area contributed by atoms with Gasteiger partial charge in [-0.05, 0) is 25.7 Å². The Bertz CT molecular complexity index is 725. The first-order valence-electron chi connectivity index (χ1n) is 6.68. The van der Waals surface area contributed by atoms with E-state index in [1.165, 1.54) is 4.68 Å². The molecule has 0 spiro atoms. The van der Waals surface area contributed by atoms with E-state index in [-0.39, 0.29) is 22.2 Å². The van der Waals surface area contributed by atoms with E-state index in [2.05, 4.69) is 10.3 Å². The first-order valence-corrected chi connectivity index (χ1v) is 6.68. The maximum atomic E-state index is 12.3. The Labute approximate surface area is 114 Å². The van der Waals surface area contributed by atoms with Gasteiger partial charge in [0.2, 0.25) is 0 Å². The van der Waals surface area contributed by atoms with Gasteiger partial charge in [-0.3, -0.25) is 4.79 Å². The number of nitrogens with zero attached hydrogens (tertiary/aromatic N) is 3. The lowest BCUT2D eigenvalue weighted by Crippen LogP contribution is -2.28. The third-order valence-electron chi connectivity index (χ3n) is 3.87. The summed E-state index contributed by atoms with van der Waals surface area (Å²) in [6, 6.07) is 0. The molecule has 7 heteroatoms. The lowest BCUT2D eigenvalue weighted by Gasteiger charge is -2.11. The number of carbonyl (C=O) groups is 1. The molecule has 0 aliphatic heterocycles. The van der Waals surface area contributed by atoms with Crippen LogP contribution in [0.4, 0.5) is 0 Å². The quantitative estimate of drug-likeness (QED) is 0.914. The van der Waals surface area contributed by atoms with Gasteiger partial charge in [-0.2, -0.15) is 5.10 Å². The van der Waals surface area contributed by atoms with Crippen molar-refractivity contribution < 1.29 is 14.4 Å². The average Bonchev–Trinajstić information content (AvgIpc) is 3.03. The molecule has 1 aliphatic carbocycles. The normalized spacial score (nSPS) is 16.1. The fourth-order valence-electron chi connectivity index (χ4n) is 2.85. The van der Waals surface area contributed by atoms with Crippen LogP contribution in [0.3, 0.4) is 0 Å². The first kappa shape index (κ1) is 12.8. The van der Waals surface area contributed by atoms with Crippen molar-refractivity contribution in [1.82, 2.24) is 14.9 Å². The van der Waals surface area contributed by atoms with E-state index in [1.54, 1.807) is 6.92 Å². The minimum absolute atomic E-state index is 0.0490. The molecule has 1 fully saturated rings. The van der Waals surface area contributed by atoms with Crippen LogP contribution in [0.1, 0.15) is 41.9 Å². The molecule has 1 saturated carbocycles. The summed E-state index contributed by atoms with van der Waals surface area (Å²) in [5, 5.41) is 17.1. The van der Waals surface area contributed by atoms with Gasteiger partial charge in [0, 0.05) is 6.54 Å². The fraction of sp³-hybridized carbons (Fsp3) is 0.538. The third-order valence-corrected chi connectivity index (χ3v) is 3.87. The lowest BCUT2D eigenvalue weighted by molar-refractivity contribution is 0.0689. The zero-order valence-corrected chi connectivity index (χ0v) is 11.1. The van der Waals surface area contributed by atoms with Crippen LogP contribution in [-0.2, 0) is 6.54 Å². The molecule has 1 N–H and O–H groups in total. The van der Waals surface area contributed by atoms with Crippen LogP contribution in [-0.4, -0.2) is 26.0 Å². The molecule has 0 radical (unpaired) electrons. The Hall–Kier alpha value is -2.18. The van der Waals surface area contributed by atoms with Gasteiger partial charge in [0.25, 0.3) is 5.56 Å². The molecule has 3 rings (SSSR count). The molecule has 0 saturated heterocycles. The Morgan fingerprint density at radius 2 is 2.15 bits per heavy atom. The topological polar surface area (TPSA) is 98.2 Å². The molecule has 0 atom stereocenters. The highest BCUT2D eigenvalue weighted by molar-refractivity contribution is 6.00. The maximum absolute atomic E-state index is 12.3. The van der Waals surface area contributed by atoms with Gasteiger partial charge in [-0.1, -0.05) is 18.0 Å². The summed E-state index contributed by atoms with van der Waals surface area (Å²) in [5.74, 6) is -0.496. The van der Waals surface area contributed by atoms with Crippen molar-refractivity contribution in [1.29, 1.82) is 0 Å². The molecule has 20 heavy (non-hydrogen) atoms. The van der Waals surface area contributed by atoms with Crippen molar-refractivity contribution >= 4 is 16.9 Å². The SMILES string of the molecule is Cc1onc2c(=O)n(CC3CCCC3)nc(C(=O)O)c12. The zero-order chi connectivity index (χ0) is 14.3. The summed E-state index contributed by atoms with van der Waals surface area (Å²) in [6.07, 6.45) is 4.39. The monoisotopic (exact) mass is 277 g/mol. The summed E-state index contributed by atoms with van der Waals surface area (Å²) in [4.78, 5) is 23.6. The second-order valence-corrected chi connectivity index (χ2v) is 5.25. The number of carboxylic acids is 1. The largest absolute Gasteiger partial charge is 0.476 e. The number of carboxylic acid groups (broad SMARTS) is 1. The molecular formula is C13H15N3O4. The second-order valence-electron chi connectivity index (χ2n) is 5.25. The van der Waals surface area contributed by atoms with Crippen molar-refractivity contribution in [2.24, 2.45) is 5.92 Å². The van der Waals surface area contributed by atoms with Gasteiger partial charge in [0.1, 0.15) is 5.76 Å². The van der Waals surface area contributed by atoms with Gasteiger partial charge in [-0.15, -0.1) is 0 Å². The molecule has 7 nitrogen and oxygen atoms in total. The smallest absolute Gasteiger partial charge is 0.357 e. The second kappa shape index (κ2) is 4.73. The third kappa shape index (κ3) is 1.99. The summed E-state index contributed by atoms with van der Waals surface area (Å²) >= 11 is 0. The zero-order valence-electron chi connectivity index (χ0n) is 11.1. The predicted octanol–water partition coefficient (Wildman–Crippen LogP) is 1.58. The van der Waals surface area contributed by atoms with Gasteiger partial charge in [0.15, 0.2) is 11.2 Å². The van der Waals surface area contributed by atoms with Crippen LogP contribution in [0.25, 0.3) is 10.9 Å². The predicted molar refractivity (Wildman–Crippen MR) is 69.7 cm³/mol. The molecule has 0 amide bonds. The minimum Gasteiger partial charge on any atom is -0.476 e. The first-order chi connectivity index (χ1) is 9.58. The van der Waals surface area contributed by atoms with Crippen LogP contribution >= 0.6 is 0 Å². The molecular weight excluding hydrogens is 262 g/mol. The van der Waals surface area contributed by atoms with Gasteiger partial charge in [0.05, 0.1) is 5.39 Å². The van der Waals surface area contributed by atoms with E-state index in [0.29, 0.717) is 18.2 Å². The average molecular weight is 277 g/mol. The van der Waals surface area contributed by atoms with E-state index in [9.17, 15) is 14.7 Å². The number of aromatic carboxylic acids is 1. The van der Waals surface area contributed by atoms with E-state index < -0.39 is 5.97 Å². The summed E-state index contributed by atoms with van der Waals surface area (Å²) < 4.78 is 6.17. The van der Waals surface area contributed by atoms with Crippen molar-refractivity contribution in [2.45, 2.75) is 39.2 Å². The van der Waals surface area contributed by atoms with E-state index in [0.717, 1.165) is 25.7 Å². The molecule has 1 aliphatic rings. The fourth-order valence-corrected chi connectivity index (χ4v) is 2.85. The molecule has 0 unspecified atom stereocenters. The summed E-state index contributed by atoms with van der Waals surface area (Å²) in [7, 11) is 0. The minimum atomic E-state index is -1.18. The number of aryl methyl sites for hydroxylation is 1. The van der Waals surface area contributed by atoms with Crippen molar-refractivity contribution in [2.75, 3.05) is 0 Å². The summed E-state index contributed by atoms with van der Waals surface area (Å²) in [6.45, 7) is 2.02. The van der Waals surface area contributed by atoms with E-state index >= 15 is 0 Å². The number of hydrogen-bond donors (Lipinski definition) is 1. The Balaban J connectivity index is 2.15. The van der Waals surface area contributed by atoms with E-state index in [4.69, 9.17) is 4.52 Å². The molecule has 106 valence electrons. The Kier molecular flexibility index (Phi) is 3.04. The molecule has 0 bridgehead atoms. The maximum Gasteiger partial charge on any atom is 0.357 e. The van der Waals surface area contributed by atoms with Crippen molar-refractivity contribution in [3.8, 4) is 0 Å². The van der Waals surface area contributed by atoms with Crippen molar-refractivity contribution in [3.05, 3.63) is 21.8 Å². The highest BCUT2D eigenvalue weighted by Gasteiger charge is 2.24. The number of rotatable bonds is 3. The van der Waals surface area contributed by atoms with Crippen molar-refractivity contribution in [3.63, 3.8) is 0 Å². The van der Waals surface area contributed by atoms with Crippen LogP contribution < -0.4 is 5.56 Å². The lowest BCUT2D eigenvalue weighted by atomic mass is 10.1. The molecule has 0 aromatic carbocycles. The van der Waals surface area contributed by atoms with Crippen LogP contribution in [0.5, 0.6) is 0 Å². The highest BCUT2D eigenvalue weighted by atomic mass is 16.5. The van der Waals surface area contributed by atoms with Crippen LogP contribution in [0.2, 0.25) is 0 Å². The number of fused-ring (bicyclic) bond motifs is 1. The Morgan fingerprint density at radius 1 is 1.45 bits per heavy atom. The van der Waals surface area contributed by atoms with Gasteiger partial charge >= 0.3 is 5.97 Å². The van der Waals surface area contributed by atoms with E-state index in [1.807, 2.05) is 0 Å². The standard InChI is InChI=1S/C13H15N3O4/c1-7-9-10(15-20-7)12(17)16(14-11(9)13(18)19)6-8-4-2-3-5-8/h8H,2-6H2,1H3,(H,18,19). The number of hydrogen-bond acceptors (Lipinski definition) is 5. The van der Waals surface area contributed by atoms with Gasteiger partial charge < -0.3 is 9.63 Å². The van der Waals surface area contributed by atoms with Gasteiger partial charge in [-0.25, -0.2) is 9.48 Å². The Morgan fingerprint density at radius 3 is 2.80 bits per heavy atom. The van der Waals surface area contributed by atoms with Crippen LogP contribution in [0, 0.1) is 12.8 Å². The number of aromatic nitrogens is 3. The molecule has 2 heterocycles. The summed E-state index contributed by atoms with van der Waals surface area (Å²) in [5.41, 5.74) is -0.502. The van der Waals surface area contributed by atoms with Crippen LogP contribution in [0.15, 0.2) is 9.32 Å². The highest BCUT2D eigenvalue weighted by Crippen LogP contribution is 2.26. The molecule has 2 aromatic heterocycles. The molecule has 2 aromatic rings.